The van der Waals surface area contributed by atoms with Gasteiger partial charge in [0.05, 0.1) is 24.0 Å². The predicted octanol–water partition coefficient (Wildman–Crippen LogP) is 0.595. The van der Waals surface area contributed by atoms with Crippen LogP contribution in [0.2, 0.25) is 0 Å². The molecule has 2 heterocycles. The van der Waals surface area contributed by atoms with Crippen molar-refractivity contribution in [2.24, 2.45) is 11.8 Å². The number of piperazine rings is 1. The van der Waals surface area contributed by atoms with Gasteiger partial charge in [0.2, 0.25) is 11.8 Å². The summed E-state index contributed by atoms with van der Waals surface area (Å²) in [6.45, 7) is 6.96. The number of β-lactam (4-membered cyclic amide) rings is 1. The van der Waals surface area contributed by atoms with Crippen LogP contribution in [0.5, 0.6) is 0 Å². The van der Waals surface area contributed by atoms with E-state index in [9.17, 15) is 14.7 Å². The Labute approximate surface area is 144 Å². The van der Waals surface area contributed by atoms with Gasteiger partial charge in [-0.05, 0) is 19.8 Å². The highest BCUT2D eigenvalue weighted by atomic mass is 16.3. The molecule has 1 saturated carbocycles. The number of nitrogens with zero attached hydrogens (tertiary/aromatic N) is 2. The van der Waals surface area contributed by atoms with Gasteiger partial charge in [-0.25, -0.2) is 0 Å². The quantitative estimate of drug-likeness (QED) is 0.737. The first-order valence-electron chi connectivity index (χ1n) is 9.50. The van der Waals surface area contributed by atoms with Crippen molar-refractivity contribution >= 4 is 11.8 Å². The van der Waals surface area contributed by atoms with Crippen molar-refractivity contribution in [3.63, 3.8) is 0 Å². The van der Waals surface area contributed by atoms with Crippen LogP contribution in [0.15, 0.2) is 0 Å². The van der Waals surface area contributed by atoms with E-state index in [4.69, 9.17) is 0 Å². The van der Waals surface area contributed by atoms with Crippen molar-refractivity contribution in [1.29, 1.82) is 0 Å². The lowest BCUT2D eigenvalue weighted by Gasteiger charge is -2.45. The molecule has 6 nitrogen and oxygen atoms in total. The summed E-state index contributed by atoms with van der Waals surface area (Å²) in [5.74, 6) is -0.762. The van der Waals surface area contributed by atoms with Crippen LogP contribution < -0.4 is 5.32 Å². The van der Waals surface area contributed by atoms with Gasteiger partial charge in [0, 0.05) is 32.2 Å². The number of carbonyl (C=O) groups is 2. The minimum Gasteiger partial charge on any atom is -0.393 e. The van der Waals surface area contributed by atoms with Crippen molar-refractivity contribution in [1.82, 2.24) is 15.1 Å². The summed E-state index contributed by atoms with van der Waals surface area (Å²) in [4.78, 5) is 28.9. The maximum atomic E-state index is 12.8. The lowest BCUT2D eigenvalue weighted by atomic mass is 9.78. The molecule has 0 aromatic heterocycles. The van der Waals surface area contributed by atoms with Crippen LogP contribution in [0.3, 0.4) is 0 Å². The second-order valence-electron chi connectivity index (χ2n) is 7.74. The van der Waals surface area contributed by atoms with Gasteiger partial charge in [-0.3, -0.25) is 14.5 Å². The number of aliphatic hydroxyl groups is 1. The van der Waals surface area contributed by atoms with Crippen LogP contribution in [-0.2, 0) is 9.59 Å². The molecule has 2 saturated heterocycles. The Morgan fingerprint density at radius 3 is 2.29 bits per heavy atom. The van der Waals surface area contributed by atoms with E-state index in [-0.39, 0.29) is 23.8 Å². The zero-order valence-corrected chi connectivity index (χ0v) is 14.9. The zero-order chi connectivity index (χ0) is 17.3. The average Bonchev–Trinajstić information content (AvgIpc) is 2.58. The van der Waals surface area contributed by atoms with E-state index in [0.717, 1.165) is 26.2 Å². The van der Waals surface area contributed by atoms with Crippen molar-refractivity contribution in [3.05, 3.63) is 0 Å². The molecule has 0 bridgehead atoms. The molecular formula is C18H31N3O3. The molecule has 3 fully saturated rings. The van der Waals surface area contributed by atoms with E-state index in [1.165, 1.54) is 32.1 Å². The van der Waals surface area contributed by atoms with Crippen LogP contribution >= 0.6 is 0 Å². The van der Waals surface area contributed by atoms with E-state index in [1.807, 2.05) is 11.8 Å². The summed E-state index contributed by atoms with van der Waals surface area (Å²) < 4.78 is 0. The third kappa shape index (κ3) is 3.45. The van der Waals surface area contributed by atoms with Gasteiger partial charge < -0.3 is 15.3 Å². The minimum absolute atomic E-state index is 0.106. The molecule has 1 aliphatic carbocycles. The predicted molar refractivity (Wildman–Crippen MR) is 91.3 cm³/mol. The van der Waals surface area contributed by atoms with Gasteiger partial charge in [0.1, 0.15) is 0 Å². The molecule has 136 valence electrons. The van der Waals surface area contributed by atoms with Gasteiger partial charge in [0.25, 0.3) is 0 Å². The smallest absolute Gasteiger partial charge is 0.228 e. The number of amides is 2. The normalized spacial score (nSPS) is 32.0. The Morgan fingerprint density at radius 2 is 1.75 bits per heavy atom. The summed E-state index contributed by atoms with van der Waals surface area (Å²) in [5.41, 5.74) is 0. The topological polar surface area (TPSA) is 72.9 Å². The number of nitrogens with one attached hydrogen (secondary N) is 1. The first kappa shape index (κ1) is 17.7. The molecule has 0 spiro atoms. The Balaban J connectivity index is 1.50. The largest absolute Gasteiger partial charge is 0.393 e. The van der Waals surface area contributed by atoms with E-state index in [1.54, 1.807) is 6.92 Å². The summed E-state index contributed by atoms with van der Waals surface area (Å²) in [6.07, 6.45) is 5.93. The van der Waals surface area contributed by atoms with Crippen molar-refractivity contribution in [2.45, 2.75) is 64.1 Å². The Kier molecular flexibility index (Phi) is 5.45. The van der Waals surface area contributed by atoms with E-state index >= 15 is 0 Å². The maximum Gasteiger partial charge on any atom is 0.228 e. The van der Waals surface area contributed by atoms with Crippen LogP contribution in [0.25, 0.3) is 0 Å². The molecule has 0 radical (unpaired) electrons. The first-order chi connectivity index (χ1) is 11.5. The van der Waals surface area contributed by atoms with Gasteiger partial charge in [-0.15, -0.1) is 0 Å². The second kappa shape index (κ2) is 7.40. The molecule has 24 heavy (non-hydrogen) atoms. The average molecular weight is 337 g/mol. The number of aliphatic hydroxyl groups excluding tert-OH is 1. The number of rotatable bonds is 4. The SMILES string of the molecule is CC(O)C1C(=O)NC1C(C)C(=O)N1CCN(C2CCCCC2)CC1. The van der Waals surface area contributed by atoms with Gasteiger partial charge in [-0.2, -0.15) is 0 Å². The van der Waals surface area contributed by atoms with Gasteiger partial charge in [-0.1, -0.05) is 26.2 Å². The highest BCUT2D eigenvalue weighted by molar-refractivity contribution is 5.90. The molecule has 6 heteroatoms. The molecule has 2 N–H and O–H groups in total. The number of hydrogen-bond acceptors (Lipinski definition) is 4. The summed E-state index contributed by atoms with van der Waals surface area (Å²) in [7, 11) is 0. The Morgan fingerprint density at radius 1 is 1.12 bits per heavy atom. The zero-order valence-electron chi connectivity index (χ0n) is 14.9. The fourth-order valence-corrected chi connectivity index (χ4v) is 4.57. The lowest BCUT2D eigenvalue weighted by Crippen LogP contribution is -2.66. The third-order valence-corrected chi connectivity index (χ3v) is 6.16. The highest BCUT2D eigenvalue weighted by Crippen LogP contribution is 2.28. The molecule has 2 aliphatic heterocycles. The standard InChI is InChI=1S/C18H31N3O3/c1-12(16-15(13(2)22)17(23)19-16)18(24)21-10-8-20(9-11-21)14-6-4-3-5-7-14/h12-16,22H,3-11H2,1-2H3,(H,19,23). The molecule has 3 aliphatic rings. The number of hydrogen-bond donors (Lipinski definition) is 2. The Bertz CT molecular complexity index is 468. The highest BCUT2D eigenvalue weighted by Gasteiger charge is 2.48. The van der Waals surface area contributed by atoms with Crippen LogP contribution in [0.4, 0.5) is 0 Å². The molecule has 0 aromatic carbocycles. The van der Waals surface area contributed by atoms with E-state index < -0.39 is 12.0 Å². The molecule has 0 aromatic rings. The van der Waals surface area contributed by atoms with Crippen LogP contribution in [-0.4, -0.2) is 71.1 Å². The summed E-state index contributed by atoms with van der Waals surface area (Å²) in [6, 6.07) is 0.473. The molecule has 3 rings (SSSR count). The second-order valence-corrected chi connectivity index (χ2v) is 7.74. The first-order valence-corrected chi connectivity index (χ1v) is 9.50. The van der Waals surface area contributed by atoms with Gasteiger partial charge in [0.15, 0.2) is 0 Å². The summed E-state index contributed by atoms with van der Waals surface area (Å²) >= 11 is 0. The number of carbonyl (C=O) groups excluding carboxylic acids is 2. The third-order valence-electron chi connectivity index (χ3n) is 6.16. The molecule has 4 atom stereocenters. The summed E-state index contributed by atoms with van der Waals surface area (Å²) in [5, 5.41) is 12.5. The fraction of sp³-hybridized carbons (Fsp3) is 0.889. The maximum absolute atomic E-state index is 12.8. The van der Waals surface area contributed by atoms with Crippen molar-refractivity contribution in [3.8, 4) is 0 Å². The van der Waals surface area contributed by atoms with Gasteiger partial charge >= 0.3 is 0 Å². The monoisotopic (exact) mass is 337 g/mol. The fourth-order valence-electron chi connectivity index (χ4n) is 4.57. The van der Waals surface area contributed by atoms with Crippen LogP contribution in [0.1, 0.15) is 46.0 Å². The molecule has 2 amide bonds. The minimum atomic E-state index is -0.706. The lowest BCUT2D eigenvalue weighted by molar-refractivity contribution is -0.149. The molecular weight excluding hydrogens is 306 g/mol. The molecule has 4 unspecified atom stereocenters. The van der Waals surface area contributed by atoms with Crippen molar-refractivity contribution in [2.75, 3.05) is 26.2 Å². The van der Waals surface area contributed by atoms with Crippen LogP contribution in [0, 0.1) is 11.8 Å². The Hall–Kier alpha value is -1.14. The van der Waals surface area contributed by atoms with E-state index in [0.29, 0.717) is 6.04 Å². The van der Waals surface area contributed by atoms with Crippen molar-refractivity contribution < 1.29 is 14.7 Å². The van der Waals surface area contributed by atoms with E-state index in [2.05, 4.69) is 10.2 Å².